The van der Waals surface area contributed by atoms with E-state index in [1.54, 1.807) is 13.2 Å². The lowest BCUT2D eigenvalue weighted by Gasteiger charge is -2.37. The highest BCUT2D eigenvalue weighted by molar-refractivity contribution is 7.89. The molecule has 6 heteroatoms. The van der Waals surface area contributed by atoms with E-state index >= 15 is 0 Å². The number of sulfonamides is 1. The molecule has 2 heterocycles. The van der Waals surface area contributed by atoms with Crippen LogP contribution in [0.1, 0.15) is 38.5 Å². The van der Waals surface area contributed by atoms with E-state index in [1.165, 1.54) is 0 Å². The average molecular weight is 300 g/mol. The van der Waals surface area contributed by atoms with E-state index in [4.69, 9.17) is 4.42 Å². The van der Waals surface area contributed by atoms with Crippen molar-refractivity contribution in [2.45, 2.75) is 32.7 Å². The van der Waals surface area contributed by atoms with Gasteiger partial charge in [0.05, 0.1) is 18.1 Å². The summed E-state index contributed by atoms with van der Waals surface area (Å²) in [6.07, 6.45) is 3.92. The molecule has 0 amide bonds. The van der Waals surface area contributed by atoms with Crippen LogP contribution >= 0.6 is 0 Å². The molecule has 1 aromatic heterocycles. The highest BCUT2D eigenvalue weighted by atomic mass is 32.2. The second-order valence-electron chi connectivity index (χ2n) is 5.49. The SMILES string of the molecule is CCS(=O)(=O)NCCN1CC[C@H](C)C[C@H]1c1ccco1. The molecule has 0 aliphatic carbocycles. The molecular formula is C14H24N2O3S. The molecule has 5 nitrogen and oxygen atoms in total. The molecule has 1 saturated heterocycles. The van der Waals surface area contributed by atoms with E-state index < -0.39 is 10.0 Å². The van der Waals surface area contributed by atoms with E-state index in [2.05, 4.69) is 16.5 Å². The molecule has 0 radical (unpaired) electrons. The molecule has 2 atom stereocenters. The van der Waals surface area contributed by atoms with E-state index in [0.717, 1.165) is 31.7 Å². The van der Waals surface area contributed by atoms with Crippen LogP contribution in [0.3, 0.4) is 0 Å². The van der Waals surface area contributed by atoms with Crippen LogP contribution in [-0.2, 0) is 10.0 Å². The fraction of sp³-hybridized carbons (Fsp3) is 0.714. The third-order valence-corrected chi connectivity index (χ3v) is 5.35. The van der Waals surface area contributed by atoms with Crippen LogP contribution < -0.4 is 4.72 Å². The van der Waals surface area contributed by atoms with Crippen molar-refractivity contribution in [1.82, 2.24) is 9.62 Å². The minimum Gasteiger partial charge on any atom is -0.468 e. The summed E-state index contributed by atoms with van der Waals surface area (Å²) >= 11 is 0. The number of furan rings is 1. The average Bonchev–Trinajstić information content (AvgIpc) is 2.94. The Bertz CT molecular complexity index is 498. The van der Waals surface area contributed by atoms with Crippen molar-refractivity contribution in [3.05, 3.63) is 24.2 Å². The summed E-state index contributed by atoms with van der Waals surface area (Å²) in [4.78, 5) is 2.32. The van der Waals surface area contributed by atoms with Gasteiger partial charge in [0.2, 0.25) is 10.0 Å². The molecule has 20 heavy (non-hydrogen) atoms. The predicted molar refractivity (Wildman–Crippen MR) is 78.9 cm³/mol. The zero-order chi connectivity index (χ0) is 14.6. The van der Waals surface area contributed by atoms with Gasteiger partial charge in [0.15, 0.2) is 0 Å². The molecule has 2 rings (SSSR count). The van der Waals surface area contributed by atoms with Gasteiger partial charge in [0.25, 0.3) is 0 Å². The quantitative estimate of drug-likeness (QED) is 0.873. The van der Waals surface area contributed by atoms with E-state index in [9.17, 15) is 8.42 Å². The van der Waals surface area contributed by atoms with Crippen LogP contribution in [0.4, 0.5) is 0 Å². The molecule has 1 aliphatic heterocycles. The van der Waals surface area contributed by atoms with Crippen molar-refractivity contribution < 1.29 is 12.8 Å². The molecule has 1 N–H and O–H groups in total. The summed E-state index contributed by atoms with van der Waals surface area (Å²) in [7, 11) is -3.10. The molecule has 0 unspecified atom stereocenters. The Morgan fingerprint density at radius 2 is 2.30 bits per heavy atom. The Morgan fingerprint density at radius 1 is 1.50 bits per heavy atom. The van der Waals surface area contributed by atoms with Crippen LogP contribution in [0.15, 0.2) is 22.8 Å². The van der Waals surface area contributed by atoms with Crippen LogP contribution in [0.2, 0.25) is 0 Å². The summed E-state index contributed by atoms with van der Waals surface area (Å²) in [5.41, 5.74) is 0. The number of nitrogens with one attached hydrogen (secondary N) is 1. The maximum Gasteiger partial charge on any atom is 0.211 e. The van der Waals surface area contributed by atoms with Crippen molar-refractivity contribution in [2.75, 3.05) is 25.4 Å². The summed E-state index contributed by atoms with van der Waals surface area (Å²) in [6, 6.07) is 4.18. The second kappa shape index (κ2) is 6.74. The Morgan fingerprint density at radius 3 is 2.95 bits per heavy atom. The lowest BCUT2D eigenvalue weighted by Crippen LogP contribution is -2.41. The van der Waals surface area contributed by atoms with Crippen LogP contribution in [0.5, 0.6) is 0 Å². The molecule has 0 bridgehead atoms. The Labute approximate surface area is 121 Å². The standard InChI is InChI=1S/C14H24N2O3S/c1-3-20(17,18)15-7-9-16-8-6-12(2)11-13(16)14-5-4-10-19-14/h4-5,10,12-13,15H,3,6-9,11H2,1-2H3/t12-,13-/m0/s1. The maximum atomic E-state index is 11.5. The van der Waals surface area contributed by atoms with Gasteiger partial charge < -0.3 is 4.42 Å². The summed E-state index contributed by atoms with van der Waals surface area (Å²) in [5, 5.41) is 0. The minimum atomic E-state index is -3.10. The minimum absolute atomic E-state index is 0.131. The van der Waals surface area contributed by atoms with Gasteiger partial charge in [0, 0.05) is 13.1 Å². The lowest BCUT2D eigenvalue weighted by molar-refractivity contribution is 0.104. The number of likely N-dealkylation sites (tertiary alicyclic amines) is 1. The van der Waals surface area contributed by atoms with Gasteiger partial charge in [-0.15, -0.1) is 0 Å². The van der Waals surface area contributed by atoms with Gasteiger partial charge in [-0.2, -0.15) is 0 Å². The van der Waals surface area contributed by atoms with Gasteiger partial charge in [-0.1, -0.05) is 6.92 Å². The van der Waals surface area contributed by atoms with E-state index in [-0.39, 0.29) is 11.8 Å². The van der Waals surface area contributed by atoms with Gasteiger partial charge >= 0.3 is 0 Å². The Balaban J connectivity index is 1.94. The predicted octanol–water partition coefficient (Wildman–Crippen LogP) is 1.99. The monoisotopic (exact) mass is 300 g/mol. The van der Waals surface area contributed by atoms with Crippen molar-refractivity contribution in [3.8, 4) is 0 Å². The first kappa shape index (κ1) is 15.5. The summed E-state index contributed by atoms with van der Waals surface area (Å²) < 4.78 is 31.1. The highest BCUT2D eigenvalue weighted by Crippen LogP contribution is 2.33. The Hall–Kier alpha value is -0.850. The zero-order valence-corrected chi connectivity index (χ0v) is 13.0. The smallest absolute Gasteiger partial charge is 0.211 e. The van der Waals surface area contributed by atoms with Gasteiger partial charge in [-0.3, -0.25) is 4.90 Å². The van der Waals surface area contributed by atoms with Crippen LogP contribution in [0, 0.1) is 5.92 Å². The first-order valence-electron chi connectivity index (χ1n) is 7.26. The van der Waals surface area contributed by atoms with Gasteiger partial charge in [-0.25, -0.2) is 13.1 Å². The first-order valence-corrected chi connectivity index (χ1v) is 8.92. The van der Waals surface area contributed by atoms with Crippen LogP contribution in [-0.4, -0.2) is 38.7 Å². The summed E-state index contributed by atoms with van der Waals surface area (Å²) in [5.74, 6) is 1.79. The molecule has 1 aromatic rings. The Kier molecular flexibility index (Phi) is 5.23. The lowest BCUT2D eigenvalue weighted by atomic mass is 9.91. The zero-order valence-electron chi connectivity index (χ0n) is 12.2. The van der Waals surface area contributed by atoms with Crippen molar-refractivity contribution in [1.29, 1.82) is 0 Å². The van der Waals surface area contributed by atoms with Crippen LogP contribution in [0.25, 0.3) is 0 Å². The summed E-state index contributed by atoms with van der Waals surface area (Å²) in [6.45, 7) is 6.07. The van der Waals surface area contributed by atoms with Crippen molar-refractivity contribution in [2.24, 2.45) is 5.92 Å². The second-order valence-corrected chi connectivity index (χ2v) is 7.59. The number of hydrogen-bond donors (Lipinski definition) is 1. The maximum absolute atomic E-state index is 11.5. The van der Waals surface area contributed by atoms with E-state index in [1.807, 2.05) is 12.1 Å². The third kappa shape index (κ3) is 4.07. The molecular weight excluding hydrogens is 276 g/mol. The number of rotatable bonds is 6. The topological polar surface area (TPSA) is 62.6 Å². The molecule has 0 spiro atoms. The fourth-order valence-electron chi connectivity index (χ4n) is 2.68. The number of piperidine rings is 1. The third-order valence-electron chi connectivity index (χ3n) is 3.95. The molecule has 114 valence electrons. The van der Waals surface area contributed by atoms with E-state index in [0.29, 0.717) is 12.5 Å². The van der Waals surface area contributed by atoms with Crippen molar-refractivity contribution in [3.63, 3.8) is 0 Å². The molecule has 1 aliphatic rings. The molecule has 1 fully saturated rings. The number of hydrogen-bond acceptors (Lipinski definition) is 4. The number of nitrogens with zero attached hydrogens (tertiary/aromatic N) is 1. The molecule has 0 saturated carbocycles. The normalized spacial score (nSPS) is 24.9. The first-order chi connectivity index (χ1) is 9.52. The fourth-order valence-corrected chi connectivity index (χ4v) is 3.29. The van der Waals surface area contributed by atoms with Gasteiger partial charge in [-0.05, 0) is 44.4 Å². The molecule has 0 aromatic carbocycles. The largest absolute Gasteiger partial charge is 0.468 e. The van der Waals surface area contributed by atoms with Crippen molar-refractivity contribution >= 4 is 10.0 Å². The van der Waals surface area contributed by atoms with Gasteiger partial charge in [0.1, 0.15) is 5.76 Å². The highest BCUT2D eigenvalue weighted by Gasteiger charge is 2.29.